The number of nitrogens with zero attached hydrogens (tertiary/aromatic N) is 4. The smallest absolute Gasteiger partial charge is 0.163 e. The summed E-state index contributed by atoms with van der Waals surface area (Å²) in [6.45, 7) is 4.05. The van der Waals surface area contributed by atoms with Gasteiger partial charge in [0, 0.05) is 24.7 Å². The highest BCUT2D eigenvalue weighted by atomic mass is 16.8. The van der Waals surface area contributed by atoms with E-state index in [1.54, 1.807) is 6.33 Å². The lowest BCUT2D eigenvalue weighted by Crippen LogP contribution is -2.27. The summed E-state index contributed by atoms with van der Waals surface area (Å²) in [7, 11) is 1.89. The van der Waals surface area contributed by atoms with E-state index in [2.05, 4.69) is 67.8 Å². The van der Waals surface area contributed by atoms with E-state index in [1.165, 1.54) is 23.8 Å². The minimum Gasteiger partial charge on any atom is -0.372 e. The van der Waals surface area contributed by atoms with Gasteiger partial charge in [-0.15, -0.1) is 0 Å². The number of hydrogen-bond acceptors (Lipinski definition) is 7. The van der Waals surface area contributed by atoms with Crippen molar-refractivity contribution in [2.75, 3.05) is 17.7 Å². The molecular formula is C29H34N6O2. The Balaban J connectivity index is 1.13. The van der Waals surface area contributed by atoms with Crippen LogP contribution in [0, 0.1) is 5.92 Å². The normalized spacial score (nSPS) is 26.6. The van der Waals surface area contributed by atoms with Crippen LogP contribution in [0.1, 0.15) is 51.1 Å². The number of pyridine rings is 1. The second-order valence-corrected chi connectivity index (χ2v) is 11.2. The van der Waals surface area contributed by atoms with Crippen LogP contribution in [0.4, 0.5) is 11.6 Å². The molecule has 7 rings (SSSR count). The first kappa shape index (κ1) is 22.9. The van der Waals surface area contributed by atoms with E-state index < -0.39 is 5.79 Å². The summed E-state index contributed by atoms with van der Waals surface area (Å²) in [6.07, 6.45) is 9.33. The zero-order chi connectivity index (χ0) is 25.1. The van der Waals surface area contributed by atoms with Crippen molar-refractivity contribution in [3.63, 3.8) is 0 Å². The summed E-state index contributed by atoms with van der Waals surface area (Å²) in [5.74, 6) is 1.64. The Morgan fingerprint density at radius 2 is 1.89 bits per heavy atom. The number of benzene rings is 1. The van der Waals surface area contributed by atoms with Gasteiger partial charge >= 0.3 is 0 Å². The minimum absolute atomic E-state index is 0.00192. The molecule has 37 heavy (non-hydrogen) atoms. The number of rotatable bonds is 7. The molecule has 8 heteroatoms. The molecule has 0 spiro atoms. The summed E-state index contributed by atoms with van der Waals surface area (Å²) >= 11 is 0. The lowest BCUT2D eigenvalue weighted by Gasteiger charge is -2.24. The fourth-order valence-corrected chi connectivity index (χ4v) is 6.24. The van der Waals surface area contributed by atoms with Crippen molar-refractivity contribution in [3.05, 3.63) is 54.5 Å². The van der Waals surface area contributed by atoms with Gasteiger partial charge in [0.25, 0.3) is 0 Å². The molecule has 1 saturated heterocycles. The fraction of sp³-hybridized carbons (Fsp3) is 0.483. The van der Waals surface area contributed by atoms with Gasteiger partial charge in [-0.2, -0.15) is 0 Å². The Kier molecular flexibility index (Phi) is 5.37. The molecule has 0 amide bonds. The lowest BCUT2D eigenvalue weighted by atomic mass is 9.95. The third-order valence-corrected chi connectivity index (χ3v) is 8.14. The van der Waals surface area contributed by atoms with Crippen LogP contribution in [0.2, 0.25) is 0 Å². The molecule has 3 aromatic heterocycles. The van der Waals surface area contributed by atoms with Gasteiger partial charge in [-0.25, -0.2) is 15.0 Å². The largest absolute Gasteiger partial charge is 0.372 e. The van der Waals surface area contributed by atoms with E-state index in [1.807, 2.05) is 20.9 Å². The zero-order valence-corrected chi connectivity index (χ0v) is 21.6. The van der Waals surface area contributed by atoms with Crippen molar-refractivity contribution in [3.8, 4) is 0 Å². The molecule has 3 aliphatic rings. The average Bonchev–Trinajstić information content (AvgIpc) is 3.37. The van der Waals surface area contributed by atoms with Crippen LogP contribution >= 0.6 is 0 Å². The molecule has 0 unspecified atom stereocenters. The second-order valence-electron chi connectivity index (χ2n) is 11.2. The molecular weight excluding hydrogens is 464 g/mol. The highest BCUT2D eigenvalue weighted by molar-refractivity contribution is 5.87. The number of nitrogens with one attached hydrogen (secondary N) is 2. The van der Waals surface area contributed by atoms with E-state index in [-0.39, 0.29) is 18.2 Å². The Morgan fingerprint density at radius 3 is 2.73 bits per heavy atom. The molecule has 8 nitrogen and oxygen atoms in total. The summed E-state index contributed by atoms with van der Waals surface area (Å²) in [4.78, 5) is 13.9. The summed E-state index contributed by atoms with van der Waals surface area (Å²) in [5.41, 5.74) is 3.32. The van der Waals surface area contributed by atoms with Crippen LogP contribution in [0.3, 0.4) is 0 Å². The SMILES string of the molecule is CNc1ncnc2c1ccn2[C@@H]1C[C@H](CCc2ccc3ccc(NC4CC4)nc3c2)[C@H]2OC(C)(C)O[C@H]21. The van der Waals surface area contributed by atoms with Gasteiger partial charge < -0.3 is 24.7 Å². The molecule has 1 aliphatic heterocycles. The number of aryl methyl sites for hydroxylation is 1. The summed E-state index contributed by atoms with van der Waals surface area (Å²) < 4.78 is 15.2. The molecule has 2 N–H and O–H groups in total. The van der Waals surface area contributed by atoms with Crippen LogP contribution < -0.4 is 10.6 Å². The highest BCUT2D eigenvalue weighted by Gasteiger charge is 2.54. The maximum Gasteiger partial charge on any atom is 0.163 e. The van der Waals surface area contributed by atoms with Gasteiger partial charge in [-0.05, 0) is 81.7 Å². The van der Waals surface area contributed by atoms with Crippen molar-refractivity contribution >= 4 is 33.6 Å². The van der Waals surface area contributed by atoms with Gasteiger partial charge in [0.15, 0.2) is 5.79 Å². The van der Waals surface area contributed by atoms with Crippen LogP contribution in [-0.4, -0.2) is 50.6 Å². The van der Waals surface area contributed by atoms with Crippen LogP contribution in [0.25, 0.3) is 21.9 Å². The Hall–Kier alpha value is -3.23. The monoisotopic (exact) mass is 498 g/mol. The number of anilines is 2. The van der Waals surface area contributed by atoms with Crippen molar-refractivity contribution in [1.29, 1.82) is 0 Å². The zero-order valence-electron chi connectivity index (χ0n) is 21.6. The third-order valence-electron chi connectivity index (χ3n) is 8.14. The van der Waals surface area contributed by atoms with Crippen molar-refractivity contribution < 1.29 is 9.47 Å². The van der Waals surface area contributed by atoms with E-state index in [4.69, 9.17) is 14.5 Å². The van der Waals surface area contributed by atoms with Gasteiger partial charge in [-0.1, -0.05) is 12.1 Å². The molecule has 1 aromatic carbocycles. The molecule has 4 heterocycles. The van der Waals surface area contributed by atoms with E-state index >= 15 is 0 Å². The lowest BCUT2D eigenvalue weighted by molar-refractivity contribution is -0.160. The predicted molar refractivity (Wildman–Crippen MR) is 145 cm³/mol. The summed E-state index contributed by atoms with van der Waals surface area (Å²) in [6, 6.07) is 13.8. The van der Waals surface area contributed by atoms with Gasteiger partial charge in [0.1, 0.15) is 29.7 Å². The maximum absolute atomic E-state index is 6.49. The van der Waals surface area contributed by atoms with Gasteiger partial charge in [-0.3, -0.25) is 0 Å². The van der Waals surface area contributed by atoms with Crippen molar-refractivity contribution in [2.45, 2.75) is 76.0 Å². The average molecular weight is 499 g/mol. The van der Waals surface area contributed by atoms with Gasteiger partial charge in [0.2, 0.25) is 0 Å². The van der Waals surface area contributed by atoms with E-state index in [0.717, 1.165) is 47.4 Å². The highest BCUT2D eigenvalue weighted by Crippen LogP contribution is 2.49. The molecule has 3 fully saturated rings. The van der Waals surface area contributed by atoms with Crippen molar-refractivity contribution in [1.82, 2.24) is 19.5 Å². The van der Waals surface area contributed by atoms with Crippen molar-refractivity contribution in [2.24, 2.45) is 5.92 Å². The molecule has 0 bridgehead atoms. The molecule has 192 valence electrons. The first-order chi connectivity index (χ1) is 18.0. The van der Waals surface area contributed by atoms with E-state index in [0.29, 0.717) is 12.0 Å². The fourth-order valence-electron chi connectivity index (χ4n) is 6.24. The molecule has 2 aliphatic carbocycles. The molecule has 2 saturated carbocycles. The Morgan fingerprint density at radius 1 is 1.05 bits per heavy atom. The van der Waals surface area contributed by atoms with Crippen LogP contribution in [0.15, 0.2) is 48.9 Å². The van der Waals surface area contributed by atoms with Crippen LogP contribution in [0.5, 0.6) is 0 Å². The Labute approximate surface area is 216 Å². The topological polar surface area (TPSA) is 86.1 Å². The van der Waals surface area contributed by atoms with Crippen LogP contribution in [-0.2, 0) is 15.9 Å². The third kappa shape index (κ3) is 4.22. The number of hydrogen-bond donors (Lipinski definition) is 2. The first-order valence-electron chi connectivity index (χ1n) is 13.5. The second kappa shape index (κ2) is 8.67. The number of fused-ring (bicyclic) bond motifs is 3. The Bertz CT molecular complexity index is 1460. The maximum atomic E-state index is 6.49. The quantitative estimate of drug-likeness (QED) is 0.357. The molecule has 4 atom stereocenters. The molecule has 4 aromatic rings. The summed E-state index contributed by atoms with van der Waals surface area (Å²) in [5, 5.41) is 8.91. The standard InChI is InChI=1S/C29H34N6O2/c1-29(2)36-25-19(7-5-17-4-6-18-8-11-24(33-20-9-10-20)34-22(18)14-17)15-23(26(25)37-29)35-13-12-21-27(30-3)31-16-32-28(21)35/h4,6,8,11-14,16,19-20,23,25-26H,5,7,9-10,15H2,1-3H3,(H,33,34)(H,30,31,32)/t19-,23+,25+,26-/m0/s1. The van der Waals surface area contributed by atoms with E-state index in [9.17, 15) is 0 Å². The van der Waals surface area contributed by atoms with Gasteiger partial charge in [0.05, 0.1) is 23.0 Å². The minimum atomic E-state index is -0.585. The number of ether oxygens (including phenoxy) is 2. The molecule has 0 radical (unpaired) electrons. The predicted octanol–water partition coefficient (Wildman–Crippen LogP) is 5.31. The number of aromatic nitrogens is 4. The first-order valence-corrected chi connectivity index (χ1v) is 13.5.